The van der Waals surface area contributed by atoms with Crippen molar-refractivity contribution in [2.24, 2.45) is 11.8 Å². The Labute approximate surface area is 436 Å². The highest BCUT2D eigenvalue weighted by Crippen LogP contribution is 2.21. The third-order valence-corrected chi connectivity index (χ3v) is 10.6. The monoisotopic (exact) mass is 999 g/mol. The van der Waals surface area contributed by atoms with Gasteiger partial charge in [-0.1, -0.05) is 94.4 Å². The molecule has 0 amide bonds. The molecule has 0 aromatic rings. The second-order valence-corrected chi connectivity index (χ2v) is 20.8. The Balaban J connectivity index is -0.000000126. The van der Waals surface area contributed by atoms with E-state index in [1.54, 1.807) is 7.11 Å². The molecule has 2 saturated carbocycles. The van der Waals surface area contributed by atoms with Crippen LogP contribution in [-0.4, -0.2) is 114 Å². The van der Waals surface area contributed by atoms with Crippen molar-refractivity contribution in [3.05, 3.63) is 0 Å². The number of methoxy groups -OCH3 is 1. The molecular weight excluding hydrogens is 865 g/mol. The molecule has 69 heavy (non-hydrogen) atoms. The summed E-state index contributed by atoms with van der Waals surface area (Å²) in [5.74, 6) is 1.30. The van der Waals surface area contributed by atoms with Crippen LogP contribution in [0.15, 0.2) is 0 Å². The summed E-state index contributed by atoms with van der Waals surface area (Å²) < 4.78 is 47.5. The maximum absolute atomic E-state index is 5.48. The molecule has 0 radical (unpaired) electrons. The zero-order valence-corrected chi connectivity index (χ0v) is 52.4. The predicted octanol–water partition coefficient (Wildman–Crippen LogP) is 18.0. The molecule has 2 rings (SSSR count). The van der Waals surface area contributed by atoms with Crippen LogP contribution in [0.2, 0.25) is 0 Å². The summed E-state index contributed by atoms with van der Waals surface area (Å²) in [6.45, 7) is 61.3. The number of hydrogen-bond donors (Lipinski definition) is 0. The fraction of sp³-hybridized carbons (Fsp3) is 1.00. The Morgan fingerprint density at radius 1 is 0.391 bits per heavy atom. The SMILES string of the molecule is CCCOC(C)C.CCCOC(C)C(C)C.CCCOC(C)CC.CCOC(C)(C)C.CCOC(C)C(C)C.CCOC(C)CC.CCOC1CCCC1.CCOC1CCCCC1.COC(C)(C)C. The van der Waals surface area contributed by atoms with Gasteiger partial charge in [-0.2, -0.15) is 0 Å². The minimum Gasteiger partial charge on any atom is -0.379 e. The summed E-state index contributed by atoms with van der Waals surface area (Å²) in [5, 5.41) is 0. The number of rotatable bonds is 22. The smallest absolute Gasteiger partial charge is 0.0598 e. The van der Waals surface area contributed by atoms with Crippen molar-refractivity contribution in [3.8, 4) is 0 Å². The summed E-state index contributed by atoms with van der Waals surface area (Å²) in [6.07, 6.45) is 21.1. The summed E-state index contributed by atoms with van der Waals surface area (Å²) in [4.78, 5) is 0. The molecule has 9 heteroatoms. The van der Waals surface area contributed by atoms with Crippen LogP contribution >= 0.6 is 0 Å². The molecule has 2 aliphatic rings. The first-order valence-electron chi connectivity index (χ1n) is 28.7. The highest BCUT2D eigenvalue weighted by Gasteiger charge is 2.14. The average Bonchev–Trinajstić information content (AvgIpc) is 3.82. The normalized spacial score (nSPS) is 15.4. The van der Waals surface area contributed by atoms with Gasteiger partial charge in [-0.05, 0) is 187 Å². The van der Waals surface area contributed by atoms with E-state index in [0.29, 0.717) is 54.6 Å². The lowest BCUT2D eigenvalue weighted by molar-refractivity contribution is 0.00530. The lowest BCUT2D eigenvalue weighted by atomic mass is 9.98. The quantitative estimate of drug-likeness (QED) is 0.105. The Morgan fingerprint density at radius 2 is 0.725 bits per heavy atom. The van der Waals surface area contributed by atoms with Gasteiger partial charge in [0.05, 0.1) is 53.9 Å². The third kappa shape index (κ3) is 87.7. The molecule has 4 unspecified atom stereocenters. The van der Waals surface area contributed by atoms with Gasteiger partial charge in [0.15, 0.2) is 0 Å². The molecule has 428 valence electrons. The van der Waals surface area contributed by atoms with Gasteiger partial charge < -0.3 is 42.6 Å². The summed E-state index contributed by atoms with van der Waals surface area (Å²) in [5.41, 5.74) is 0.0920. The second kappa shape index (κ2) is 61.9. The van der Waals surface area contributed by atoms with Crippen molar-refractivity contribution in [1.82, 2.24) is 0 Å². The fourth-order valence-electron chi connectivity index (χ4n) is 5.34. The van der Waals surface area contributed by atoms with Crippen LogP contribution < -0.4 is 0 Å². The van der Waals surface area contributed by atoms with Crippen LogP contribution in [-0.2, 0) is 42.6 Å². The lowest BCUT2D eigenvalue weighted by Crippen LogP contribution is -2.18. The van der Waals surface area contributed by atoms with E-state index in [1.165, 1.54) is 57.8 Å². The van der Waals surface area contributed by atoms with Gasteiger partial charge in [-0.3, -0.25) is 0 Å². The van der Waals surface area contributed by atoms with Crippen LogP contribution in [0.5, 0.6) is 0 Å². The third-order valence-electron chi connectivity index (χ3n) is 10.6. The standard InChI is InChI=1S/C8H16O.C8H18O.C7H14O.2C7H16O.3C6H14O.C5H12O/c1-2-9-8-6-4-3-5-7-8;1-5-6-9-8(4)7(2)3;1-2-8-7-5-3-4-6-7;1-5-8-7(4)6(2)3;1-4-6-8-7(3)5-2;1-5-7-6(2,3)4;1-4-5-7-6(2)3;1-4-6(3)7-5-2;1-5(2,3)6-4/h8H,2-7H2,1H3;7-8H,5-6H2,1-4H3;7H,2-6H2,1H3;6-7H,5H2,1-4H3;7H,4-6H2,1-3H3;5H2,1-4H3;2*6H,4-5H2,1-3H3;1-4H3. The number of ether oxygens (including phenoxy) is 9. The fourth-order valence-corrected chi connectivity index (χ4v) is 5.34. The first kappa shape index (κ1) is 82.7. The van der Waals surface area contributed by atoms with Crippen LogP contribution in [0.1, 0.15) is 270 Å². The summed E-state index contributed by atoms with van der Waals surface area (Å²) in [7, 11) is 1.71. The zero-order valence-electron chi connectivity index (χ0n) is 52.4. The highest BCUT2D eigenvalue weighted by atomic mass is 16.5. The van der Waals surface area contributed by atoms with Crippen molar-refractivity contribution in [2.45, 2.75) is 324 Å². The number of hydrogen-bond acceptors (Lipinski definition) is 9. The van der Waals surface area contributed by atoms with Crippen molar-refractivity contribution in [3.63, 3.8) is 0 Å². The molecule has 4 atom stereocenters. The van der Waals surface area contributed by atoms with Crippen LogP contribution in [0.25, 0.3) is 0 Å². The Morgan fingerprint density at radius 3 is 0.942 bits per heavy atom. The van der Waals surface area contributed by atoms with Gasteiger partial charge in [0.2, 0.25) is 0 Å². The molecule has 2 aliphatic carbocycles. The zero-order chi connectivity index (χ0) is 55.1. The van der Waals surface area contributed by atoms with Crippen molar-refractivity contribution in [1.29, 1.82) is 0 Å². The van der Waals surface area contributed by atoms with Crippen molar-refractivity contribution < 1.29 is 42.6 Å². The predicted molar refractivity (Wildman–Crippen MR) is 306 cm³/mol. The molecular formula is C60H134O9. The minimum atomic E-state index is 0.0417. The van der Waals surface area contributed by atoms with Crippen LogP contribution in [0, 0.1) is 11.8 Å². The summed E-state index contributed by atoms with van der Waals surface area (Å²) >= 11 is 0. The van der Waals surface area contributed by atoms with Crippen LogP contribution in [0.4, 0.5) is 0 Å². The molecule has 0 saturated heterocycles. The molecule has 0 N–H and O–H groups in total. The van der Waals surface area contributed by atoms with E-state index in [0.717, 1.165) is 85.0 Å². The maximum Gasteiger partial charge on any atom is 0.0598 e. The molecule has 9 nitrogen and oxygen atoms in total. The van der Waals surface area contributed by atoms with Crippen LogP contribution in [0.3, 0.4) is 0 Å². The first-order valence-corrected chi connectivity index (χ1v) is 28.7. The molecule has 0 aromatic heterocycles. The Hall–Kier alpha value is -0.360. The molecule has 0 bridgehead atoms. The van der Waals surface area contributed by atoms with Gasteiger partial charge in [0.1, 0.15) is 0 Å². The van der Waals surface area contributed by atoms with E-state index in [4.69, 9.17) is 42.6 Å². The van der Waals surface area contributed by atoms with E-state index >= 15 is 0 Å². The molecule has 0 heterocycles. The van der Waals surface area contributed by atoms with Gasteiger partial charge in [0, 0.05) is 60.0 Å². The molecule has 0 aromatic carbocycles. The minimum absolute atomic E-state index is 0.0417. The van der Waals surface area contributed by atoms with Crippen molar-refractivity contribution >= 4 is 0 Å². The van der Waals surface area contributed by atoms with Gasteiger partial charge >= 0.3 is 0 Å². The van der Waals surface area contributed by atoms with E-state index in [9.17, 15) is 0 Å². The topological polar surface area (TPSA) is 83.1 Å². The maximum atomic E-state index is 5.48. The largest absolute Gasteiger partial charge is 0.379 e. The van der Waals surface area contributed by atoms with E-state index < -0.39 is 0 Å². The Bertz CT molecular complexity index is 853. The van der Waals surface area contributed by atoms with E-state index in [2.05, 4.69) is 138 Å². The molecule has 0 aliphatic heterocycles. The highest BCUT2D eigenvalue weighted by molar-refractivity contribution is 4.66. The molecule has 2 fully saturated rings. The lowest BCUT2D eigenvalue weighted by Gasteiger charge is -2.20. The van der Waals surface area contributed by atoms with E-state index in [-0.39, 0.29) is 11.2 Å². The Kier molecular flexibility index (Phi) is 74.2. The van der Waals surface area contributed by atoms with Crippen molar-refractivity contribution in [2.75, 3.05) is 60.0 Å². The van der Waals surface area contributed by atoms with Gasteiger partial charge in [-0.15, -0.1) is 0 Å². The first-order chi connectivity index (χ1) is 32.2. The van der Waals surface area contributed by atoms with E-state index in [1.807, 2.05) is 41.5 Å². The summed E-state index contributed by atoms with van der Waals surface area (Å²) in [6, 6.07) is 0. The molecule has 0 spiro atoms. The van der Waals surface area contributed by atoms with Gasteiger partial charge in [0.25, 0.3) is 0 Å². The second-order valence-electron chi connectivity index (χ2n) is 20.8. The average molecular weight is 1000 g/mol. The van der Waals surface area contributed by atoms with Gasteiger partial charge in [-0.25, -0.2) is 0 Å².